The molecule has 0 spiro atoms. The van der Waals surface area contributed by atoms with Crippen molar-refractivity contribution in [2.24, 2.45) is 0 Å². The molecule has 3 heteroatoms. The molecule has 3 aromatic rings. The van der Waals surface area contributed by atoms with Crippen LogP contribution in [-0.2, 0) is 17.9 Å². The summed E-state index contributed by atoms with van der Waals surface area (Å²) in [6, 6.07) is 29.0. The van der Waals surface area contributed by atoms with Gasteiger partial charge in [0.15, 0.2) is 0 Å². The van der Waals surface area contributed by atoms with E-state index in [0.717, 1.165) is 0 Å². The van der Waals surface area contributed by atoms with Crippen LogP contribution < -0.4 is 20.7 Å². The van der Waals surface area contributed by atoms with E-state index in [-0.39, 0.29) is 5.04 Å². The van der Waals surface area contributed by atoms with Gasteiger partial charge in [0.05, 0.1) is 0 Å². The van der Waals surface area contributed by atoms with Crippen LogP contribution in [-0.4, -0.2) is 16.1 Å². The van der Waals surface area contributed by atoms with E-state index in [0.29, 0.717) is 0 Å². The first-order chi connectivity index (χ1) is 17.3. The Labute approximate surface area is 234 Å². The van der Waals surface area contributed by atoms with Gasteiger partial charge in [0, 0.05) is 0 Å². The summed E-state index contributed by atoms with van der Waals surface area (Å²) in [4.78, 5) is 0. The van der Waals surface area contributed by atoms with Crippen LogP contribution in [0.1, 0.15) is 38.8 Å². The minimum absolute atomic E-state index is 0.00111. The van der Waals surface area contributed by atoms with Gasteiger partial charge in [-0.15, -0.1) is 0 Å². The van der Waals surface area contributed by atoms with Gasteiger partial charge in [-0.25, -0.2) is 0 Å². The van der Waals surface area contributed by atoms with Crippen LogP contribution in [0.5, 0.6) is 0 Å². The maximum atomic E-state index is 2.66. The van der Waals surface area contributed by atoms with Crippen molar-refractivity contribution in [3.63, 3.8) is 0 Å². The van der Waals surface area contributed by atoms with Gasteiger partial charge in [0.25, 0.3) is 0 Å². The van der Waals surface area contributed by atoms with Crippen molar-refractivity contribution in [3.8, 4) is 0 Å². The maximum absolute atomic E-state index is 2.66. The van der Waals surface area contributed by atoms with Crippen LogP contribution in [0.2, 0.25) is 35.1 Å². The monoisotopic (exact) mass is 557 g/mol. The average Bonchev–Trinajstić information content (AvgIpc) is 3.01. The summed E-state index contributed by atoms with van der Waals surface area (Å²) in [6.45, 7) is 21.9. The molecule has 2 unspecified atom stereocenters. The fourth-order valence-corrected chi connectivity index (χ4v) is 19.9. The molecule has 0 aromatic heterocycles. The molecule has 0 aliphatic heterocycles. The zero-order valence-corrected chi connectivity index (χ0v) is 28.5. The van der Waals surface area contributed by atoms with Gasteiger partial charge in [-0.2, -0.15) is 0 Å². The van der Waals surface area contributed by atoms with E-state index in [4.69, 9.17) is 0 Å². The molecule has 4 rings (SSSR count). The standard InChI is InChI=1S/C32H39Si2.2CH3.Ti/c1-23-15-17-29(18-16-23)34(28-13-11-10-12-14-28,32(6)22-25(3)26(4)27(32)5)31-20-24(2)19-30(21-31)33(7,8)9;;;/h10-21H,1-9H3;2*1H3;. The van der Waals surface area contributed by atoms with Crippen LogP contribution in [0, 0.1) is 13.8 Å². The second-order valence-electron chi connectivity index (χ2n) is 12.7. The van der Waals surface area contributed by atoms with Gasteiger partial charge in [-0.05, 0) is 0 Å². The molecule has 0 heterocycles. The number of hydrogen-bond acceptors (Lipinski definition) is 0. The molecule has 2 atom stereocenters. The fraction of sp³-hybridized carbons (Fsp3) is 0.353. The molecular weight excluding hydrogens is 512 g/mol. The molecule has 0 saturated carbocycles. The zero-order chi connectivity index (χ0) is 27.3. The molecule has 0 radical (unpaired) electrons. The topological polar surface area (TPSA) is 0 Å². The van der Waals surface area contributed by atoms with Crippen LogP contribution in [0.3, 0.4) is 0 Å². The summed E-state index contributed by atoms with van der Waals surface area (Å²) in [6.07, 6.45) is 0. The Hall–Kier alpha value is -1.71. The average molecular weight is 558 g/mol. The summed E-state index contributed by atoms with van der Waals surface area (Å²) >= 11 is -1.46. The van der Waals surface area contributed by atoms with E-state index in [1.54, 1.807) is 25.4 Å². The van der Waals surface area contributed by atoms with Gasteiger partial charge in [0.2, 0.25) is 0 Å². The number of benzene rings is 3. The summed E-state index contributed by atoms with van der Waals surface area (Å²) in [5.41, 5.74) is 7.45. The SMILES string of the molecule is CC1=C(C)C(C)([Si](c2ccccc2)(c2ccc(C)cc2)c2cc(C)cc([Si](C)(C)C)c2)[C]([Ti]([CH3])[CH3])=C1C. The predicted molar refractivity (Wildman–Crippen MR) is 168 cm³/mol. The van der Waals surface area contributed by atoms with E-state index in [1.165, 1.54) is 27.1 Å². The number of aryl methyl sites for hydroxylation is 2. The van der Waals surface area contributed by atoms with Crippen LogP contribution in [0.25, 0.3) is 0 Å². The Morgan fingerprint density at radius 2 is 1.14 bits per heavy atom. The van der Waals surface area contributed by atoms with Crippen LogP contribution >= 0.6 is 0 Å². The Balaban J connectivity index is 2.30. The first kappa shape index (κ1) is 28.3. The molecule has 0 amide bonds. The van der Waals surface area contributed by atoms with Crippen LogP contribution in [0.15, 0.2) is 93.4 Å². The number of allylic oxidation sites excluding steroid dienone is 4. The van der Waals surface area contributed by atoms with E-state index in [9.17, 15) is 0 Å². The van der Waals surface area contributed by atoms with Crippen molar-refractivity contribution in [1.29, 1.82) is 0 Å². The molecule has 193 valence electrons. The second-order valence-corrected chi connectivity index (χ2v) is 25.9. The summed E-state index contributed by atoms with van der Waals surface area (Å²) in [5, 5.41) is 11.4. The first-order valence-electron chi connectivity index (χ1n) is 13.7. The predicted octanol–water partition coefficient (Wildman–Crippen LogP) is 7.42. The molecule has 3 aromatic carbocycles. The van der Waals surface area contributed by atoms with Crippen LogP contribution in [0.4, 0.5) is 0 Å². The molecule has 1 aliphatic rings. The first-order valence-corrected chi connectivity index (χ1v) is 23.1. The fourth-order valence-electron chi connectivity index (χ4n) is 7.04. The molecule has 0 bridgehead atoms. The van der Waals surface area contributed by atoms with Gasteiger partial charge >= 0.3 is 236 Å². The molecule has 0 fully saturated rings. The van der Waals surface area contributed by atoms with E-state index >= 15 is 0 Å². The Morgan fingerprint density at radius 1 is 0.595 bits per heavy atom. The van der Waals surface area contributed by atoms with Crippen molar-refractivity contribution in [2.75, 3.05) is 0 Å². The minimum atomic E-state index is -2.60. The molecule has 0 N–H and O–H groups in total. The summed E-state index contributed by atoms with van der Waals surface area (Å²) < 4.78 is 1.80. The zero-order valence-electron chi connectivity index (χ0n) is 24.9. The summed E-state index contributed by atoms with van der Waals surface area (Å²) in [7, 11) is -4.13. The Morgan fingerprint density at radius 3 is 1.68 bits per heavy atom. The van der Waals surface area contributed by atoms with Crippen molar-refractivity contribution in [1.82, 2.24) is 0 Å². The molecule has 0 nitrogen and oxygen atoms in total. The van der Waals surface area contributed by atoms with Gasteiger partial charge in [-0.1, -0.05) is 0 Å². The van der Waals surface area contributed by atoms with E-state index in [1.807, 2.05) is 0 Å². The molecule has 1 aliphatic carbocycles. The van der Waals surface area contributed by atoms with E-state index in [2.05, 4.69) is 144 Å². The van der Waals surface area contributed by atoms with Gasteiger partial charge in [-0.3, -0.25) is 0 Å². The second kappa shape index (κ2) is 10.1. The van der Waals surface area contributed by atoms with Crippen molar-refractivity contribution in [2.45, 2.75) is 76.7 Å². The molecule has 37 heavy (non-hydrogen) atoms. The van der Waals surface area contributed by atoms with Gasteiger partial charge in [0.1, 0.15) is 0 Å². The van der Waals surface area contributed by atoms with E-state index < -0.39 is 34.0 Å². The van der Waals surface area contributed by atoms with Gasteiger partial charge < -0.3 is 0 Å². The third-order valence-corrected chi connectivity index (χ3v) is 20.1. The summed E-state index contributed by atoms with van der Waals surface area (Å²) in [5.74, 6) is 0. The molecule has 0 saturated heterocycles. The van der Waals surface area contributed by atoms with Crippen molar-refractivity contribution in [3.05, 3.63) is 105 Å². The molecular formula is C34H45Si2Ti. The number of hydrogen-bond donors (Lipinski definition) is 0. The third-order valence-electron chi connectivity index (χ3n) is 9.07. The quantitative estimate of drug-likeness (QED) is 0.219. The normalized spacial score (nSPS) is 19.9. The Bertz CT molecular complexity index is 1370. The Kier molecular flexibility index (Phi) is 7.74. The van der Waals surface area contributed by atoms with Crippen molar-refractivity contribution < 1.29 is 17.9 Å². The number of rotatable bonds is 6. The third kappa shape index (κ3) is 4.48. The van der Waals surface area contributed by atoms with Crippen molar-refractivity contribution >= 4 is 36.9 Å².